The van der Waals surface area contributed by atoms with Gasteiger partial charge in [-0.1, -0.05) is 6.07 Å². The maximum atomic E-state index is 13.3. The van der Waals surface area contributed by atoms with Gasteiger partial charge in [-0.15, -0.1) is 0 Å². The standard InChI is InChI=1S/C22H15FN4O4S/c23-14-6-8-16(9-7-14)32(29,30)18-12-17-21(25-19-5-1-2-10-26(19)22(17)28)27(20(18)24)13-15-4-3-11-31-15/h1-12,24H,13H2. The molecule has 160 valence electrons. The molecule has 5 aromatic rings. The molecule has 1 N–H and O–H groups in total. The van der Waals surface area contributed by atoms with Crippen molar-refractivity contribution in [3.8, 4) is 0 Å². The third-order valence-electron chi connectivity index (χ3n) is 5.09. The van der Waals surface area contributed by atoms with Crippen LogP contribution < -0.4 is 11.0 Å². The third kappa shape index (κ3) is 3.12. The summed E-state index contributed by atoms with van der Waals surface area (Å²) in [4.78, 5) is 17.1. The number of furan rings is 1. The maximum Gasteiger partial charge on any atom is 0.267 e. The van der Waals surface area contributed by atoms with E-state index >= 15 is 0 Å². The molecule has 0 saturated carbocycles. The summed E-state index contributed by atoms with van der Waals surface area (Å²) in [6, 6.07) is 13.8. The Morgan fingerprint density at radius 3 is 2.56 bits per heavy atom. The van der Waals surface area contributed by atoms with Crippen LogP contribution in [0.15, 0.2) is 92.1 Å². The Morgan fingerprint density at radius 2 is 1.84 bits per heavy atom. The van der Waals surface area contributed by atoms with Crippen LogP contribution in [0, 0.1) is 11.2 Å². The Morgan fingerprint density at radius 1 is 1.06 bits per heavy atom. The van der Waals surface area contributed by atoms with Gasteiger partial charge in [0, 0.05) is 6.20 Å². The lowest BCUT2D eigenvalue weighted by atomic mass is 10.3. The molecule has 0 saturated heterocycles. The van der Waals surface area contributed by atoms with Crippen molar-refractivity contribution in [3.63, 3.8) is 0 Å². The number of aromatic nitrogens is 3. The molecule has 5 rings (SSSR count). The maximum absolute atomic E-state index is 13.3. The van der Waals surface area contributed by atoms with Crippen molar-refractivity contribution < 1.29 is 17.2 Å². The predicted molar refractivity (Wildman–Crippen MR) is 112 cm³/mol. The molecule has 0 bridgehead atoms. The fourth-order valence-electron chi connectivity index (χ4n) is 3.52. The van der Waals surface area contributed by atoms with Gasteiger partial charge in [-0.2, -0.15) is 0 Å². The van der Waals surface area contributed by atoms with Gasteiger partial charge < -0.3 is 8.98 Å². The van der Waals surface area contributed by atoms with Crippen LogP contribution in [0.5, 0.6) is 0 Å². The fourth-order valence-corrected chi connectivity index (χ4v) is 4.91. The van der Waals surface area contributed by atoms with E-state index in [1.54, 1.807) is 30.3 Å². The van der Waals surface area contributed by atoms with Crippen LogP contribution in [0.3, 0.4) is 0 Å². The summed E-state index contributed by atoms with van der Waals surface area (Å²) in [5.41, 5.74) is -0.341. The van der Waals surface area contributed by atoms with Crippen LogP contribution in [0.1, 0.15) is 5.76 Å². The summed E-state index contributed by atoms with van der Waals surface area (Å²) < 4.78 is 48.0. The van der Waals surface area contributed by atoms with Gasteiger partial charge in [0.2, 0.25) is 9.84 Å². The Hall–Kier alpha value is -4.05. The fraction of sp³-hybridized carbons (Fsp3) is 0.0455. The second kappa shape index (κ2) is 7.27. The van der Waals surface area contributed by atoms with Gasteiger partial charge in [-0.3, -0.25) is 14.6 Å². The first-order valence-corrected chi connectivity index (χ1v) is 11.0. The summed E-state index contributed by atoms with van der Waals surface area (Å²) in [7, 11) is -4.23. The van der Waals surface area contributed by atoms with Crippen molar-refractivity contribution in [2.24, 2.45) is 0 Å². The van der Waals surface area contributed by atoms with Crippen LogP contribution in [0.4, 0.5) is 4.39 Å². The van der Waals surface area contributed by atoms with Crippen molar-refractivity contribution in [3.05, 3.63) is 101 Å². The second-order valence-electron chi connectivity index (χ2n) is 7.06. The third-order valence-corrected chi connectivity index (χ3v) is 6.87. The smallest absolute Gasteiger partial charge is 0.267 e. The quantitative estimate of drug-likeness (QED) is 0.334. The molecule has 4 aromatic heterocycles. The van der Waals surface area contributed by atoms with Crippen LogP contribution in [-0.2, 0) is 16.4 Å². The largest absolute Gasteiger partial charge is 0.467 e. The van der Waals surface area contributed by atoms with Gasteiger partial charge in [0.15, 0.2) is 0 Å². The number of nitrogens with zero attached hydrogens (tertiary/aromatic N) is 3. The molecule has 0 spiro atoms. The number of hydrogen-bond acceptors (Lipinski definition) is 6. The lowest BCUT2D eigenvalue weighted by Gasteiger charge is -2.14. The van der Waals surface area contributed by atoms with Gasteiger partial charge in [0.1, 0.15) is 33.3 Å². The van der Waals surface area contributed by atoms with E-state index in [0.29, 0.717) is 11.4 Å². The summed E-state index contributed by atoms with van der Waals surface area (Å²) in [5.74, 6) is -0.133. The average molecular weight is 450 g/mol. The summed E-state index contributed by atoms with van der Waals surface area (Å²) in [6.45, 7) is -0.00937. The minimum absolute atomic E-state index is 0.00937. The molecule has 32 heavy (non-hydrogen) atoms. The molecule has 0 aliphatic heterocycles. The molecule has 0 amide bonds. The molecular formula is C22H15FN4O4S. The van der Waals surface area contributed by atoms with Gasteiger partial charge in [0.25, 0.3) is 5.56 Å². The van der Waals surface area contributed by atoms with Crippen LogP contribution in [0.25, 0.3) is 16.7 Å². The Balaban J connectivity index is 1.88. The van der Waals surface area contributed by atoms with E-state index in [9.17, 15) is 17.6 Å². The molecule has 8 nitrogen and oxygen atoms in total. The van der Waals surface area contributed by atoms with E-state index in [2.05, 4.69) is 4.98 Å². The molecular weight excluding hydrogens is 435 g/mol. The lowest BCUT2D eigenvalue weighted by molar-refractivity contribution is 0.488. The first-order valence-electron chi connectivity index (χ1n) is 9.49. The number of nitrogens with one attached hydrogen (secondary N) is 1. The summed E-state index contributed by atoms with van der Waals surface area (Å²) in [5, 5.41) is 8.70. The number of pyridine rings is 2. The highest BCUT2D eigenvalue weighted by Crippen LogP contribution is 2.21. The molecule has 0 aliphatic carbocycles. The zero-order valence-corrected chi connectivity index (χ0v) is 17.2. The van der Waals surface area contributed by atoms with Gasteiger partial charge in [0.05, 0.1) is 23.1 Å². The first-order chi connectivity index (χ1) is 15.4. The topological polar surface area (TPSA) is 110 Å². The Kier molecular flexibility index (Phi) is 4.52. The lowest BCUT2D eigenvalue weighted by Crippen LogP contribution is -2.30. The summed E-state index contributed by atoms with van der Waals surface area (Å²) >= 11 is 0. The highest BCUT2D eigenvalue weighted by atomic mass is 32.2. The van der Waals surface area contributed by atoms with E-state index in [1.165, 1.54) is 21.4 Å². The zero-order chi connectivity index (χ0) is 22.5. The van der Waals surface area contributed by atoms with E-state index < -0.39 is 26.1 Å². The molecule has 0 fully saturated rings. The molecule has 0 radical (unpaired) electrons. The minimum atomic E-state index is -4.23. The molecule has 10 heteroatoms. The number of sulfone groups is 1. The highest BCUT2D eigenvalue weighted by molar-refractivity contribution is 7.91. The normalized spacial score (nSPS) is 11.9. The van der Waals surface area contributed by atoms with Crippen molar-refractivity contribution in [2.75, 3.05) is 0 Å². The first kappa shape index (κ1) is 19.9. The number of rotatable bonds is 4. The number of benzene rings is 1. The second-order valence-corrected chi connectivity index (χ2v) is 8.98. The predicted octanol–water partition coefficient (Wildman–Crippen LogP) is 2.74. The van der Waals surface area contributed by atoms with E-state index in [1.807, 2.05) is 0 Å². The van der Waals surface area contributed by atoms with Crippen molar-refractivity contribution >= 4 is 26.5 Å². The zero-order valence-electron chi connectivity index (χ0n) is 16.4. The summed E-state index contributed by atoms with van der Waals surface area (Å²) in [6.07, 6.45) is 2.99. The number of fused-ring (bicyclic) bond motifs is 2. The average Bonchev–Trinajstić information content (AvgIpc) is 3.29. The van der Waals surface area contributed by atoms with Crippen LogP contribution in [0.2, 0.25) is 0 Å². The van der Waals surface area contributed by atoms with Gasteiger partial charge in [-0.25, -0.2) is 17.8 Å². The number of hydrogen-bond donors (Lipinski definition) is 1. The van der Waals surface area contributed by atoms with E-state index in [-0.39, 0.29) is 28.0 Å². The van der Waals surface area contributed by atoms with Crippen LogP contribution >= 0.6 is 0 Å². The SMILES string of the molecule is N=c1c(S(=O)(=O)c2ccc(F)cc2)cc2c(=O)n3ccccc3nc2n1Cc1ccco1. The van der Waals surface area contributed by atoms with E-state index in [4.69, 9.17) is 9.83 Å². The van der Waals surface area contributed by atoms with Crippen molar-refractivity contribution in [1.29, 1.82) is 5.41 Å². The Labute approximate surface area is 180 Å². The van der Waals surface area contributed by atoms with Crippen molar-refractivity contribution in [1.82, 2.24) is 14.0 Å². The monoisotopic (exact) mass is 450 g/mol. The molecule has 0 unspecified atom stereocenters. The van der Waals surface area contributed by atoms with Crippen LogP contribution in [-0.4, -0.2) is 22.4 Å². The molecule has 4 heterocycles. The van der Waals surface area contributed by atoms with Gasteiger partial charge in [-0.05, 0) is 54.6 Å². The molecule has 0 atom stereocenters. The molecule has 1 aromatic carbocycles. The highest BCUT2D eigenvalue weighted by Gasteiger charge is 2.24. The van der Waals surface area contributed by atoms with Crippen molar-refractivity contribution in [2.45, 2.75) is 16.3 Å². The number of halogens is 1. The Bertz CT molecular complexity index is 1700. The van der Waals surface area contributed by atoms with E-state index in [0.717, 1.165) is 30.3 Å². The van der Waals surface area contributed by atoms with Gasteiger partial charge >= 0.3 is 0 Å². The molecule has 0 aliphatic rings. The minimum Gasteiger partial charge on any atom is -0.467 e.